The topological polar surface area (TPSA) is 50.1 Å². The Labute approximate surface area is 88.5 Å². The highest BCUT2D eigenvalue weighted by Crippen LogP contribution is 2.21. The van der Waals surface area contributed by atoms with E-state index in [2.05, 4.69) is 23.9 Å². The van der Waals surface area contributed by atoms with Crippen LogP contribution in [0.2, 0.25) is 0 Å². The van der Waals surface area contributed by atoms with E-state index in [-0.39, 0.29) is 5.82 Å². The van der Waals surface area contributed by atoms with Crippen LogP contribution in [-0.2, 0) is 0 Å². The summed E-state index contributed by atoms with van der Waals surface area (Å²) in [6.45, 7) is 7.87. The van der Waals surface area contributed by atoms with Gasteiger partial charge in [-0.1, -0.05) is 12.7 Å². The van der Waals surface area contributed by atoms with Crippen LogP contribution >= 0.6 is 0 Å². The minimum absolute atomic E-state index is 0.328. The Morgan fingerprint density at radius 3 is 2.87 bits per heavy atom. The second kappa shape index (κ2) is 5.17. The van der Waals surface area contributed by atoms with Gasteiger partial charge in [-0.05, 0) is 18.2 Å². The Kier molecular flexibility index (Phi) is 3.88. The van der Waals surface area contributed by atoms with Gasteiger partial charge in [0.25, 0.3) is 0 Å². The lowest BCUT2D eigenvalue weighted by atomic mass is 10.1. The summed E-state index contributed by atoms with van der Waals surface area (Å²) in [5.41, 5.74) is 4.23. The molecule has 0 saturated heterocycles. The fourth-order valence-corrected chi connectivity index (χ4v) is 1.18. The molecule has 1 rings (SSSR count). The number of anilines is 1. The molecule has 0 heterocycles. The van der Waals surface area contributed by atoms with Crippen LogP contribution < -0.4 is 16.6 Å². The molecule has 0 unspecified atom stereocenters. The van der Waals surface area contributed by atoms with E-state index in [9.17, 15) is 4.39 Å². The number of hydrogen-bond donors (Lipinski definition) is 3. The minimum atomic E-state index is -0.328. The average Bonchev–Trinajstić information content (AvgIpc) is 2.26. The van der Waals surface area contributed by atoms with Gasteiger partial charge in [0, 0.05) is 17.8 Å². The molecule has 3 nitrogen and oxygen atoms in total. The molecule has 0 saturated carbocycles. The zero-order chi connectivity index (χ0) is 11.3. The van der Waals surface area contributed by atoms with Gasteiger partial charge in [0.1, 0.15) is 5.82 Å². The van der Waals surface area contributed by atoms with Crippen LogP contribution in [-0.4, -0.2) is 6.54 Å². The zero-order valence-corrected chi connectivity index (χ0v) is 8.39. The first-order valence-corrected chi connectivity index (χ1v) is 4.49. The van der Waals surface area contributed by atoms with Crippen molar-refractivity contribution in [2.75, 3.05) is 11.9 Å². The normalized spacial score (nSPS) is 9.47. The van der Waals surface area contributed by atoms with Crippen molar-refractivity contribution >= 4 is 11.4 Å². The van der Waals surface area contributed by atoms with Gasteiger partial charge in [-0.15, -0.1) is 6.58 Å². The molecular weight excluding hydrogens is 193 g/mol. The van der Waals surface area contributed by atoms with Crippen LogP contribution in [0.4, 0.5) is 10.1 Å². The summed E-state index contributed by atoms with van der Waals surface area (Å²) in [6.07, 6.45) is 1.71. The molecule has 0 aliphatic rings. The Morgan fingerprint density at radius 2 is 2.27 bits per heavy atom. The maximum atomic E-state index is 13.0. The number of hydrazine groups is 1. The summed E-state index contributed by atoms with van der Waals surface area (Å²) in [4.78, 5) is 0. The lowest BCUT2D eigenvalue weighted by Gasteiger charge is -2.12. The predicted molar refractivity (Wildman–Crippen MR) is 61.4 cm³/mol. The van der Waals surface area contributed by atoms with Crippen molar-refractivity contribution in [2.45, 2.75) is 0 Å². The van der Waals surface area contributed by atoms with Crippen molar-refractivity contribution in [1.82, 2.24) is 5.43 Å². The van der Waals surface area contributed by atoms with E-state index in [1.807, 2.05) is 0 Å². The summed E-state index contributed by atoms with van der Waals surface area (Å²) in [6, 6.07) is 4.38. The van der Waals surface area contributed by atoms with Gasteiger partial charge in [0.05, 0.1) is 5.70 Å². The van der Waals surface area contributed by atoms with E-state index < -0.39 is 0 Å². The second-order valence-electron chi connectivity index (χ2n) is 2.98. The molecule has 80 valence electrons. The van der Waals surface area contributed by atoms with E-state index in [1.54, 1.807) is 12.1 Å². The molecule has 0 atom stereocenters. The van der Waals surface area contributed by atoms with Crippen molar-refractivity contribution < 1.29 is 4.39 Å². The summed E-state index contributed by atoms with van der Waals surface area (Å²) in [5.74, 6) is 4.90. The summed E-state index contributed by atoms with van der Waals surface area (Å²) < 4.78 is 13.0. The SMILES string of the molecule is C=CCNc1ccc(F)cc1C(=C)NN. The Balaban J connectivity index is 3.02. The van der Waals surface area contributed by atoms with E-state index in [1.165, 1.54) is 12.1 Å². The summed E-state index contributed by atoms with van der Waals surface area (Å²) in [7, 11) is 0. The number of hydrogen-bond acceptors (Lipinski definition) is 3. The molecule has 0 aliphatic carbocycles. The Hall–Kier alpha value is -1.81. The van der Waals surface area contributed by atoms with Gasteiger partial charge in [-0.3, -0.25) is 5.84 Å². The number of benzene rings is 1. The van der Waals surface area contributed by atoms with Crippen molar-refractivity contribution in [2.24, 2.45) is 5.84 Å². The molecular formula is C11H14FN3. The molecule has 0 fully saturated rings. The lowest BCUT2D eigenvalue weighted by Crippen LogP contribution is -2.20. The molecule has 0 spiro atoms. The molecule has 15 heavy (non-hydrogen) atoms. The molecule has 0 radical (unpaired) electrons. The van der Waals surface area contributed by atoms with Crippen LogP contribution in [0.1, 0.15) is 5.56 Å². The van der Waals surface area contributed by atoms with Crippen molar-refractivity contribution in [1.29, 1.82) is 0 Å². The minimum Gasteiger partial charge on any atom is -0.381 e. The largest absolute Gasteiger partial charge is 0.381 e. The molecule has 0 aliphatic heterocycles. The third-order valence-corrected chi connectivity index (χ3v) is 1.92. The number of nitrogens with one attached hydrogen (secondary N) is 2. The monoisotopic (exact) mass is 207 g/mol. The second-order valence-corrected chi connectivity index (χ2v) is 2.98. The highest BCUT2D eigenvalue weighted by Gasteiger charge is 2.05. The lowest BCUT2D eigenvalue weighted by molar-refractivity contribution is 0.627. The van der Waals surface area contributed by atoms with Gasteiger partial charge < -0.3 is 10.7 Å². The first kappa shape index (κ1) is 11.3. The van der Waals surface area contributed by atoms with E-state index in [4.69, 9.17) is 5.84 Å². The average molecular weight is 207 g/mol. The third-order valence-electron chi connectivity index (χ3n) is 1.92. The molecule has 1 aromatic carbocycles. The fourth-order valence-electron chi connectivity index (χ4n) is 1.18. The van der Waals surface area contributed by atoms with Crippen LogP contribution in [0.3, 0.4) is 0 Å². The van der Waals surface area contributed by atoms with Crippen molar-refractivity contribution in [3.05, 3.63) is 48.8 Å². The maximum absolute atomic E-state index is 13.0. The highest BCUT2D eigenvalue weighted by molar-refractivity contribution is 5.73. The molecule has 0 amide bonds. The van der Waals surface area contributed by atoms with Crippen LogP contribution in [0.25, 0.3) is 5.70 Å². The van der Waals surface area contributed by atoms with Gasteiger partial charge in [-0.25, -0.2) is 4.39 Å². The summed E-state index contributed by atoms with van der Waals surface area (Å²) in [5, 5.41) is 3.06. The van der Waals surface area contributed by atoms with Gasteiger partial charge in [0.15, 0.2) is 0 Å². The maximum Gasteiger partial charge on any atom is 0.124 e. The van der Waals surface area contributed by atoms with Crippen molar-refractivity contribution in [3.8, 4) is 0 Å². The summed E-state index contributed by atoms with van der Waals surface area (Å²) >= 11 is 0. The van der Waals surface area contributed by atoms with Gasteiger partial charge >= 0.3 is 0 Å². The van der Waals surface area contributed by atoms with Crippen LogP contribution in [0, 0.1) is 5.82 Å². The fraction of sp³-hybridized carbons (Fsp3) is 0.0909. The quantitative estimate of drug-likeness (QED) is 0.392. The van der Waals surface area contributed by atoms with Crippen LogP contribution in [0.5, 0.6) is 0 Å². The Morgan fingerprint density at radius 1 is 1.53 bits per heavy atom. The van der Waals surface area contributed by atoms with Gasteiger partial charge in [0.2, 0.25) is 0 Å². The van der Waals surface area contributed by atoms with E-state index >= 15 is 0 Å². The van der Waals surface area contributed by atoms with Gasteiger partial charge in [-0.2, -0.15) is 0 Å². The molecule has 4 N–H and O–H groups in total. The third kappa shape index (κ3) is 2.82. The molecule has 4 heteroatoms. The predicted octanol–water partition coefficient (Wildman–Crippen LogP) is 1.86. The first-order chi connectivity index (χ1) is 7.19. The molecule has 0 bridgehead atoms. The smallest absolute Gasteiger partial charge is 0.124 e. The Bertz CT molecular complexity index is 374. The van der Waals surface area contributed by atoms with Crippen molar-refractivity contribution in [3.63, 3.8) is 0 Å². The van der Waals surface area contributed by atoms with Crippen LogP contribution in [0.15, 0.2) is 37.4 Å². The molecule has 1 aromatic rings. The zero-order valence-electron chi connectivity index (χ0n) is 8.39. The van der Waals surface area contributed by atoms with E-state index in [0.717, 1.165) is 5.69 Å². The number of halogens is 1. The molecule has 0 aromatic heterocycles. The van der Waals surface area contributed by atoms with E-state index in [0.29, 0.717) is 17.8 Å². The standard InChI is InChI=1S/C11H14FN3/c1-3-6-14-11-5-4-9(12)7-10(11)8(2)15-13/h3-5,7,14-15H,1-2,6,13H2. The highest BCUT2D eigenvalue weighted by atomic mass is 19.1. The first-order valence-electron chi connectivity index (χ1n) is 4.49. The number of rotatable bonds is 5. The number of nitrogens with two attached hydrogens (primary N) is 1.